The van der Waals surface area contributed by atoms with Crippen molar-refractivity contribution in [2.75, 3.05) is 26.2 Å². The van der Waals surface area contributed by atoms with Crippen molar-refractivity contribution < 1.29 is 9.18 Å². The Balaban J connectivity index is 1.55. The number of hydrogen-bond donors (Lipinski definition) is 1. The van der Waals surface area contributed by atoms with Gasteiger partial charge in [-0.15, -0.1) is 0 Å². The molecule has 0 unspecified atom stereocenters. The topological polar surface area (TPSA) is 71.6 Å². The number of hydrogen-bond acceptors (Lipinski definition) is 4. The molecule has 2 aromatic heterocycles. The van der Waals surface area contributed by atoms with Gasteiger partial charge in [-0.05, 0) is 57.1 Å². The highest BCUT2D eigenvalue weighted by atomic mass is 19.1. The van der Waals surface area contributed by atoms with Gasteiger partial charge in [0.15, 0.2) is 0 Å². The summed E-state index contributed by atoms with van der Waals surface area (Å²) in [6.07, 6.45) is 2.42. The van der Waals surface area contributed by atoms with Gasteiger partial charge < -0.3 is 10.2 Å². The van der Waals surface area contributed by atoms with E-state index in [0.717, 1.165) is 25.2 Å². The molecule has 0 bridgehead atoms. The average Bonchev–Trinajstić information content (AvgIpc) is 3.26. The molecule has 4 rings (SSSR count). The van der Waals surface area contributed by atoms with Crippen molar-refractivity contribution in [1.82, 2.24) is 24.4 Å². The van der Waals surface area contributed by atoms with E-state index >= 15 is 0 Å². The quantitative estimate of drug-likeness (QED) is 0.734. The lowest BCUT2D eigenvalue weighted by molar-refractivity contribution is -0.121. The molecule has 0 aliphatic carbocycles. The van der Waals surface area contributed by atoms with Crippen molar-refractivity contribution in [3.05, 3.63) is 46.3 Å². The van der Waals surface area contributed by atoms with E-state index in [2.05, 4.69) is 15.3 Å². The molecule has 1 fully saturated rings. The number of nitrogens with zero attached hydrogens (tertiary/aromatic N) is 4. The smallest absolute Gasteiger partial charge is 0.291 e. The van der Waals surface area contributed by atoms with E-state index in [1.54, 1.807) is 23.5 Å². The van der Waals surface area contributed by atoms with E-state index in [0.29, 0.717) is 23.3 Å². The molecule has 0 radical (unpaired) electrons. The number of fused-ring (bicyclic) bond motifs is 3. The summed E-state index contributed by atoms with van der Waals surface area (Å²) in [5, 5.41) is 7.75. The summed E-state index contributed by atoms with van der Waals surface area (Å²) < 4.78 is 16.3. The maximum Gasteiger partial charge on any atom is 0.291 e. The normalized spacial score (nSPS) is 15.0. The second kappa shape index (κ2) is 7.11. The van der Waals surface area contributed by atoms with Gasteiger partial charge in [0.2, 0.25) is 5.91 Å². The Hall–Kier alpha value is -2.74. The van der Waals surface area contributed by atoms with Crippen molar-refractivity contribution >= 4 is 22.3 Å². The van der Waals surface area contributed by atoms with Gasteiger partial charge in [-0.1, -0.05) is 0 Å². The highest BCUT2D eigenvalue weighted by molar-refractivity contribution is 5.87. The first-order chi connectivity index (χ1) is 13.0. The van der Waals surface area contributed by atoms with Crippen molar-refractivity contribution in [2.45, 2.75) is 26.3 Å². The monoisotopic (exact) mass is 371 g/mol. The van der Waals surface area contributed by atoms with Crippen molar-refractivity contribution in [3.8, 4) is 0 Å². The summed E-state index contributed by atoms with van der Waals surface area (Å²) in [5.74, 6) is -0.0347. The van der Waals surface area contributed by atoms with Crippen LogP contribution in [0.5, 0.6) is 0 Å². The fourth-order valence-corrected chi connectivity index (χ4v) is 3.75. The molecule has 0 spiro atoms. The van der Waals surface area contributed by atoms with E-state index in [9.17, 15) is 14.0 Å². The van der Waals surface area contributed by atoms with Crippen LogP contribution in [0.2, 0.25) is 0 Å². The number of aromatic nitrogens is 3. The number of amides is 1. The van der Waals surface area contributed by atoms with Gasteiger partial charge in [0.1, 0.15) is 23.7 Å². The second-order valence-corrected chi connectivity index (χ2v) is 6.98. The van der Waals surface area contributed by atoms with E-state index in [-0.39, 0.29) is 23.8 Å². The maximum absolute atomic E-state index is 13.5. The van der Waals surface area contributed by atoms with Crippen LogP contribution in [0.15, 0.2) is 29.1 Å². The van der Waals surface area contributed by atoms with Crippen LogP contribution in [-0.4, -0.2) is 51.2 Å². The van der Waals surface area contributed by atoms with E-state index in [4.69, 9.17) is 0 Å². The van der Waals surface area contributed by atoms with Crippen LogP contribution < -0.4 is 10.9 Å². The predicted molar refractivity (Wildman–Crippen MR) is 100 cm³/mol. The molecule has 8 heteroatoms. The summed E-state index contributed by atoms with van der Waals surface area (Å²) in [4.78, 5) is 27.3. The third kappa shape index (κ3) is 3.44. The number of likely N-dealkylation sites (tertiary alicyclic amines) is 1. The van der Waals surface area contributed by atoms with Gasteiger partial charge in [-0.2, -0.15) is 5.10 Å². The van der Waals surface area contributed by atoms with Gasteiger partial charge >= 0.3 is 0 Å². The minimum atomic E-state index is -0.369. The summed E-state index contributed by atoms with van der Waals surface area (Å²) in [7, 11) is 0. The Bertz CT molecular complexity index is 1070. The minimum absolute atomic E-state index is 0.133. The lowest BCUT2D eigenvalue weighted by Crippen LogP contribution is -2.38. The zero-order chi connectivity index (χ0) is 19.0. The number of rotatable bonds is 5. The largest absolute Gasteiger partial charge is 0.353 e. The number of halogens is 1. The first kappa shape index (κ1) is 17.7. The highest BCUT2D eigenvalue weighted by Crippen LogP contribution is 2.20. The first-order valence-corrected chi connectivity index (χ1v) is 9.20. The standard InChI is InChI=1S/C19H22FN5O2/c1-13-22-24(12-18(26)21-6-9-23-7-2-3-8-23)19(27)17-11-14-10-15(20)4-5-16(14)25(13)17/h4-5,10-11H,2-3,6-9,12H2,1H3,(H,21,26). The highest BCUT2D eigenvalue weighted by Gasteiger charge is 2.15. The SMILES string of the molecule is Cc1nn(CC(=O)NCCN2CCCC2)c(=O)c2cc3cc(F)ccc3n12. The fraction of sp³-hybridized carbons (Fsp3) is 0.421. The van der Waals surface area contributed by atoms with Gasteiger partial charge in [0.05, 0.1) is 5.52 Å². The van der Waals surface area contributed by atoms with Crippen LogP contribution in [-0.2, 0) is 11.3 Å². The predicted octanol–water partition coefficient (Wildman–Crippen LogP) is 1.31. The molecule has 1 aliphatic heterocycles. The molecular weight excluding hydrogens is 349 g/mol. The molecule has 1 N–H and O–H groups in total. The second-order valence-electron chi connectivity index (χ2n) is 6.98. The van der Waals surface area contributed by atoms with E-state index in [1.807, 2.05) is 0 Å². The number of benzene rings is 1. The molecule has 142 valence electrons. The molecule has 3 heterocycles. The van der Waals surface area contributed by atoms with Crippen LogP contribution in [0, 0.1) is 12.7 Å². The fourth-order valence-electron chi connectivity index (χ4n) is 3.75. The van der Waals surface area contributed by atoms with Crippen molar-refractivity contribution in [3.63, 3.8) is 0 Å². The number of carbonyl (C=O) groups is 1. The van der Waals surface area contributed by atoms with Crippen LogP contribution in [0.25, 0.3) is 16.4 Å². The Morgan fingerprint density at radius 3 is 2.78 bits per heavy atom. The Morgan fingerprint density at radius 1 is 1.22 bits per heavy atom. The van der Waals surface area contributed by atoms with Gasteiger partial charge in [0, 0.05) is 18.5 Å². The van der Waals surface area contributed by atoms with Crippen molar-refractivity contribution in [1.29, 1.82) is 0 Å². The van der Waals surface area contributed by atoms with Crippen LogP contribution >= 0.6 is 0 Å². The lowest BCUT2D eigenvalue weighted by atomic mass is 10.2. The van der Waals surface area contributed by atoms with Crippen LogP contribution in [0.1, 0.15) is 18.7 Å². The van der Waals surface area contributed by atoms with E-state index < -0.39 is 0 Å². The number of carbonyl (C=O) groups excluding carboxylic acids is 1. The first-order valence-electron chi connectivity index (χ1n) is 9.20. The molecule has 1 amide bonds. The van der Waals surface area contributed by atoms with Gasteiger partial charge in [0.25, 0.3) is 5.56 Å². The summed E-state index contributed by atoms with van der Waals surface area (Å²) >= 11 is 0. The number of nitrogens with one attached hydrogen (secondary N) is 1. The third-order valence-corrected chi connectivity index (χ3v) is 5.05. The zero-order valence-corrected chi connectivity index (χ0v) is 15.2. The Labute approximate surface area is 155 Å². The number of aryl methyl sites for hydroxylation is 1. The molecule has 1 aromatic carbocycles. The summed E-state index contributed by atoms with van der Waals surface area (Å²) in [6, 6.07) is 6.00. The molecule has 3 aromatic rings. The Kier molecular flexibility index (Phi) is 4.65. The molecule has 0 saturated carbocycles. The summed E-state index contributed by atoms with van der Waals surface area (Å²) in [5.41, 5.74) is 0.732. The summed E-state index contributed by atoms with van der Waals surface area (Å²) in [6.45, 7) is 5.16. The lowest BCUT2D eigenvalue weighted by Gasteiger charge is -2.15. The molecule has 0 atom stereocenters. The van der Waals surface area contributed by atoms with Gasteiger partial charge in [-0.25, -0.2) is 9.07 Å². The molecular formula is C19H22FN5O2. The zero-order valence-electron chi connectivity index (χ0n) is 15.2. The van der Waals surface area contributed by atoms with Crippen molar-refractivity contribution in [2.24, 2.45) is 0 Å². The minimum Gasteiger partial charge on any atom is -0.353 e. The third-order valence-electron chi connectivity index (χ3n) is 5.05. The Morgan fingerprint density at radius 2 is 2.00 bits per heavy atom. The van der Waals surface area contributed by atoms with Crippen LogP contribution in [0.4, 0.5) is 4.39 Å². The molecule has 27 heavy (non-hydrogen) atoms. The molecule has 1 saturated heterocycles. The average molecular weight is 371 g/mol. The van der Waals surface area contributed by atoms with E-state index in [1.165, 1.54) is 29.7 Å². The van der Waals surface area contributed by atoms with Gasteiger partial charge in [-0.3, -0.25) is 14.0 Å². The molecule has 7 nitrogen and oxygen atoms in total. The van der Waals surface area contributed by atoms with Crippen LogP contribution in [0.3, 0.4) is 0 Å². The molecule has 1 aliphatic rings. The maximum atomic E-state index is 13.5.